The molecule has 1 heterocycles. The van der Waals surface area contributed by atoms with Crippen molar-refractivity contribution in [2.45, 2.75) is 18.6 Å². The molecule has 0 aromatic heterocycles. The summed E-state index contributed by atoms with van der Waals surface area (Å²) in [7, 11) is -2.56. The van der Waals surface area contributed by atoms with Gasteiger partial charge in [0.1, 0.15) is 11.4 Å². The maximum absolute atomic E-state index is 12.1. The van der Waals surface area contributed by atoms with E-state index in [1.807, 2.05) is 0 Å². The number of benzene rings is 1. The van der Waals surface area contributed by atoms with Crippen LogP contribution in [0.2, 0.25) is 0 Å². The molecule has 0 saturated carbocycles. The maximum atomic E-state index is 12.1. The maximum Gasteiger partial charge on any atom is 0.335 e. The summed E-state index contributed by atoms with van der Waals surface area (Å²) in [6, 6.07) is 3.69. The van der Waals surface area contributed by atoms with Crippen molar-refractivity contribution >= 4 is 27.6 Å². The van der Waals surface area contributed by atoms with Crippen molar-refractivity contribution in [3.8, 4) is 5.75 Å². The van der Waals surface area contributed by atoms with Crippen LogP contribution >= 0.6 is 0 Å². The van der Waals surface area contributed by atoms with Crippen molar-refractivity contribution in [1.29, 1.82) is 0 Å². The molecular weight excluding hydrogens is 286 g/mol. The number of ether oxygens (including phenoxy) is 1. The topological polar surface area (TPSA) is 101 Å². The van der Waals surface area contributed by atoms with E-state index in [4.69, 9.17) is 9.84 Å². The Morgan fingerprint density at radius 1 is 1.35 bits per heavy atom. The fourth-order valence-electron chi connectivity index (χ4n) is 1.87. The highest BCUT2D eigenvalue weighted by atomic mass is 32.2. The van der Waals surface area contributed by atoms with Gasteiger partial charge in [-0.2, -0.15) is 0 Å². The number of anilines is 1. The molecule has 1 amide bonds. The minimum Gasteiger partial charge on any atom is -0.495 e. The normalized spacial score (nSPS) is 19.4. The zero-order chi connectivity index (χ0) is 15.3. The van der Waals surface area contributed by atoms with Crippen LogP contribution in [0.5, 0.6) is 5.75 Å². The summed E-state index contributed by atoms with van der Waals surface area (Å²) in [6.45, 7) is 2.60. The largest absolute Gasteiger partial charge is 0.495 e. The lowest BCUT2D eigenvalue weighted by atomic mass is 10.1. The molecule has 0 radical (unpaired) electrons. The summed E-state index contributed by atoms with van der Waals surface area (Å²) in [5, 5.41) is 8.95. The molecule has 7 nitrogen and oxygen atoms in total. The van der Waals surface area contributed by atoms with Crippen LogP contribution in [0.25, 0.3) is 0 Å². The quantitative estimate of drug-likeness (QED) is 0.888. The monoisotopic (exact) mass is 299 g/mol. The minimum atomic E-state index is -3.87. The zero-order valence-electron chi connectivity index (χ0n) is 11.1. The van der Waals surface area contributed by atoms with Crippen LogP contribution in [0.1, 0.15) is 24.2 Å². The number of rotatable bonds is 3. The third-order valence-corrected chi connectivity index (χ3v) is 5.54. The van der Waals surface area contributed by atoms with Crippen molar-refractivity contribution in [3.05, 3.63) is 23.8 Å². The standard InChI is InChI=1S/C12H13NO6S/c1-12(2)11(16)13(20(12,17)18)8-6-7(10(14)15)4-5-9(8)19-3/h4-6H,1-3H3,(H,14,15). The Morgan fingerprint density at radius 2 is 1.95 bits per heavy atom. The second-order valence-corrected chi connectivity index (χ2v) is 7.11. The van der Waals surface area contributed by atoms with Gasteiger partial charge in [-0.25, -0.2) is 17.5 Å². The number of sulfonamides is 1. The van der Waals surface area contributed by atoms with E-state index in [0.29, 0.717) is 4.31 Å². The van der Waals surface area contributed by atoms with Gasteiger partial charge in [0.25, 0.3) is 15.9 Å². The predicted molar refractivity (Wildman–Crippen MR) is 70.4 cm³/mol. The van der Waals surface area contributed by atoms with Crippen LogP contribution in [-0.4, -0.2) is 37.3 Å². The summed E-state index contributed by atoms with van der Waals surface area (Å²) in [4.78, 5) is 23.0. The van der Waals surface area contributed by atoms with E-state index in [1.54, 1.807) is 0 Å². The van der Waals surface area contributed by atoms with Crippen molar-refractivity contribution in [2.24, 2.45) is 0 Å². The van der Waals surface area contributed by atoms with Gasteiger partial charge in [-0.3, -0.25) is 4.79 Å². The van der Waals surface area contributed by atoms with Crippen LogP contribution in [0.4, 0.5) is 5.69 Å². The van der Waals surface area contributed by atoms with Crippen molar-refractivity contribution in [3.63, 3.8) is 0 Å². The van der Waals surface area contributed by atoms with Crippen molar-refractivity contribution in [2.75, 3.05) is 11.4 Å². The number of carboxylic acids is 1. The number of nitrogens with zero attached hydrogens (tertiary/aromatic N) is 1. The Balaban J connectivity index is 2.62. The first kappa shape index (κ1) is 14.3. The summed E-state index contributed by atoms with van der Waals surface area (Å²) in [5.74, 6) is -1.74. The summed E-state index contributed by atoms with van der Waals surface area (Å²) in [5.41, 5.74) is -0.217. The Morgan fingerprint density at radius 3 is 2.40 bits per heavy atom. The second kappa shape index (κ2) is 4.20. The molecule has 0 unspecified atom stereocenters. The van der Waals surface area contributed by atoms with E-state index in [-0.39, 0.29) is 17.0 Å². The zero-order valence-corrected chi connectivity index (χ0v) is 11.9. The van der Waals surface area contributed by atoms with Crippen molar-refractivity contribution in [1.82, 2.24) is 0 Å². The van der Waals surface area contributed by atoms with E-state index in [2.05, 4.69) is 0 Å². The number of hydrogen-bond acceptors (Lipinski definition) is 5. The van der Waals surface area contributed by atoms with Gasteiger partial charge < -0.3 is 9.84 Å². The molecule has 0 atom stereocenters. The second-order valence-electron chi connectivity index (χ2n) is 4.78. The highest BCUT2D eigenvalue weighted by Gasteiger charge is 2.61. The van der Waals surface area contributed by atoms with E-state index < -0.39 is 26.6 Å². The molecule has 1 aromatic carbocycles. The average molecular weight is 299 g/mol. The first-order valence-electron chi connectivity index (χ1n) is 5.65. The van der Waals surface area contributed by atoms with Crippen LogP contribution < -0.4 is 9.04 Å². The lowest BCUT2D eigenvalue weighted by molar-refractivity contribution is -0.120. The highest BCUT2D eigenvalue weighted by molar-refractivity contribution is 7.98. The molecule has 1 aromatic rings. The molecule has 8 heteroatoms. The number of amides is 1. The van der Waals surface area contributed by atoms with Gasteiger partial charge in [0, 0.05) is 0 Å². The predicted octanol–water partition coefficient (Wildman–Crippen LogP) is 0.848. The molecule has 1 aliphatic heterocycles. The van der Waals surface area contributed by atoms with E-state index in [9.17, 15) is 18.0 Å². The molecule has 1 fully saturated rings. The fraction of sp³-hybridized carbons (Fsp3) is 0.333. The van der Waals surface area contributed by atoms with Gasteiger partial charge in [-0.1, -0.05) is 0 Å². The van der Waals surface area contributed by atoms with Gasteiger partial charge in [0.15, 0.2) is 4.75 Å². The highest BCUT2D eigenvalue weighted by Crippen LogP contribution is 2.43. The third-order valence-electron chi connectivity index (χ3n) is 3.23. The molecule has 0 aliphatic carbocycles. The number of carbonyl (C=O) groups excluding carboxylic acids is 1. The minimum absolute atomic E-state index is 0.0864. The molecule has 0 spiro atoms. The van der Waals surface area contributed by atoms with Gasteiger partial charge in [0.2, 0.25) is 0 Å². The first-order chi connectivity index (χ1) is 9.14. The fourth-order valence-corrected chi connectivity index (χ4v) is 3.36. The summed E-state index contributed by atoms with van der Waals surface area (Å²) in [6.07, 6.45) is 0. The molecule has 1 aliphatic rings. The Hall–Kier alpha value is -2.09. The molecule has 1 saturated heterocycles. The van der Waals surface area contributed by atoms with Crippen LogP contribution in [-0.2, 0) is 14.8 Å². The van der Waals surface area contributed by atoms with Gasteiger partial charge in [-0.05, 0) is 32.0 Å². The third kappa shape index (κ3) is 1.68. The molecular formula is C12H13NO6S. The lowest BCUT2D eigenvalue weighted by Crippen LogP contribution is -2.67. The van der Waals surface area contributed by atoms with Crippen LogP contribution in [0, 0.1) is 0 Å². The Kier molecular flexibility index (Phi) is 3.01. The van der Waals surface area contributed by atoms with Gasteiger partial charge in [0.05, 0.1) is 12.7 Å². The number of carboxylic acid groups (broad SMARTS) is 1. The molecule has 0 bridgehead atoms. The van der Waals surface area contributed by atoms with E-state index in [0.717, 1.165) is 6.07 Å². The van der Waals surface area contributed by atoms with Crippen LogP contribution in [0.3, 0.4) is 0 Å². The van der Waals surface area contributed by atoms with E-state index in [1.165, 1.54) is 33.1 Å². The Bertz CT molecular complexity index is 707. The summed E-state index contributed by atoms with van der Waals surface area (Å²) < 4.78 is 28.3. The van der Waals surface area contributed by atoms with Gasteiger partial charge in [-0.15, -0.1) is 0 Å². The number of methoxy groups -OCH3 is 1. The molecule has 2 rings (SSSR count). The number of hydrogen-bond donors (Lipinski definition) is 1. The summed E-state index contributed by atoms with van der Waals surface area (Å²) >= 11 is 0. The number of aromatic carboxylic acids is 1. The van der Waals surface area contributed by atoms with Crippen LogP contribution in [0.15, 0.2) is 18.2 Å². The van der Waals surface area contributed by atoms with Crippen molar-refractivity contribution < 1.29 is 27.9 Å². The molecule has 1 N–H and O–H groups in total. The average Bonchev–Trinajstić information content (AvgIpc) is 2.38. The molecule has 20 heavy (non-hydrogen) atoms. The smallest absolute Gasteiger partial charge is 0.335 e. The molecule has 108 valence electrons. The number of carbonyl (C=O) groups is 2. The van der Waals surface area contributed by atoms with E-state index >= 15 is 0 Å². The van der Waals surface area contributed by atoms with Gasteiger partial charge >= 0.3 is 5.97 Å². The lowest BCUT2D eigenvalue weighted by Gasteiger charge is -2.43. The Labute approximate surface area is 115 Å². The first-order valence-corrected chi connectivity index (χ1v) is 7.09. The SMILES string of the molecule is COc1ccc(C(=O)O)cc1N1C(=O)C(C)(C)S1(=O)=O.